The quantitative estimate of drug-likeness (QED) is 0.601. The van der Waals surface area contributed by atoms with Crippen LogP contribution in [0.15, 0.2) is 47.2 Å². The predicted octanol–water partition coefficient (Wildman–Crippen LogP) is 3.51. The lowest BCUT2D eigenvalue weighted by molar-refractivity contribution is -0.000235. The number of anilines is 2. The first-order valence-corrected chi connectivity index (χ1v) is 9.82. The number of benzene rings is 2. The number of morpholine rings is 1. The summed E-state index contributed by atoms with van der Waals surface area (Å²) in [6.07, 6.45) is 1.56. The highest BCUT2D eigenvalue weighted by atomic mass is 79.9. The number of ether oxygens (including phenoxy) is 3. The molecule has 0 radical (unpaired) electrons. The molecule has 1 saturated heterocycles. The van der Waals surface area contributed by atoms with E-state index >= 15 is 0 Å². The molecule has 3 aromatic rings. The summed E-state index contributed by atoms with van der Waals surface area (Å²) in [7, 11) is 1.62. The maximum absolute atomic E-state index is 5.97. The van der Waals surface area contributed by atoms with E-state index in [1.165, 1.54) is 6.33 Å². The van der Waals surface area contributed by atoms with Crippen LogP contribution in [0.5, 0.6) is 11.5 Å². The number of aromatic nitrogens is 2. The molecule has 1 aliphatic heterocycles. The number of nitrogens with zero attached hydrogens (tertiary/aromatic N) is 2. The fraction of sp³-hybridized carbons (Fsp3) is 0.300. The number of halogens is 1. The molecule has 1 unspecified atom stereocenters. The molecular weight excluding hydrogens is 424 g/mol. The van der Waals surface area contributed by atoms with E-state index in [0.29, 0.717) is 30.5 Å². The van der Waals surface area contributed by atoms with Crippen molar-refractivity contribution in [3.8, 4) is 11.5 Å². The highest BCUT2D eigenvalue weighted by Crippen LogP contribution is 2.35. The van der Waals surface area contributed by atoms with Gasteiger partial charge in [-0.15, -0.1) is 0 Å². The fourth-order valence-corrected chi connectivity index (χ4v) is 3.45. The number of methoxy groups -OCH3 is 1. The molecule has 0 bridgehead atoms. The molecule has 1 fully saturated rings. The van der Waals surface area contributed by atoms with Crippen LogP contribution in [-0.2, 0) is 4.74 Å². The third-order valence-electron chi connectivity index (χ3n) is 4.44. The first kappa shape index (κ1) is 18.9. The van der Waals surface area contributed by atoms with Gasteiger partial charge in [-0.2, -0.15) is 0 Å². The van der Waals surface area contributed by atoms with Gasteiger partial charge < -0.3 is 24.8 Å². The molecule has 1 atom stereocenters. The van der Waals surface area contributed by atoms with Gasteiger partial charge >= 0.3 is 0 Å². The van der Waals surface area contributed by atoms with Crippen molar-refractivity contribution in [1.29, 1.82) is 0 Å². The molecule has 2 heterocycles. The maximum Gasteiger partial charge on any atom is 0.163 e. The van der Waals surface area contributed by atoms with E-state index in [1.807, 2.05) is 36.4 Å². The Labute approximate surface area is 171 Å². The molecule has 0 amide bonds. The van der Waals surface area contributed by atoms with Crippen LogP contribution in [0.3, 0.4) is 0 Å². The van der Waals surface area contributed by atoms with Gasteiger partial charge in [-0.05, 0) is 24.3 Å². The summed E-state index contributed by atoms with van der Waals surface area (Å²) in [6.45, 7) is 2.79. The van der Waals surface area contributed by atoms with Gasteiger partial charge in [-0.1, -0.05) is 22.0 Å². The van der Waals surface area contributed by atoms with Crippen LogP contribution in [-0.4, -0.2) is 49.5 Å². The molecule has 146 valence electrons. The van der Waals surface area contributed by atoms with Gasteiger partial charge in [0.15, 0.2) is 11.5 Å². The number of rotatable bonds is 6. The Morgan fingerprint density at radius 1 is 1.25 bits per heavy atom. The molecule has 4 rings (SSSR count). The molecule has 7 nitrogen and oxygen atoms in total. The van der Waals surface area contributed by atoms with E-state index in [9.17, 15) is 0 Å². The SMILES string of the molecule is COc1cc2c(Nc3cccc(Br)c3)ncnc2cc1OCC1CNCCO1. The Morgan fingerprint density at radius 2 is 2.18 bits per heavy atom. The summed E-state index contributed by atoms with van der Waals surface area (Å²) in [5, 5.41) is 7.48. The van der Waals surface area contributed by atoms with Crippen molar-refractivity contribution in [2.45, 2.75) is 6.10 Å². The molecule has 0 aliphatic carbocycles. The maximum atomic E-state index is 5.97. The lowest BCUT2D eigenvalue weighted by Crippen LogP contribution is -2.41. The fourth-order valence-electron chi connectivity index (χ4n) is 3.05. The molecule has 1 aliphatic rings. The second kappa shape index (κ2) is 8.72. The van der Waals surface area contributed by atoms with E-state index < -0.39 is 0 Å². The Hall–Kier alpha value is -2.42. The van der Waals surface area contributed by atoms with Gasteiger partial charge in [0.2, 0.25) is 0 Å². The number of fused-ring (bicyclic) bond motifs is 1. The van der Waals surface area contributed by atoms with Gasteiger partial charge in [-0.25, -0.2) is 9.97 Å². The van der Waals surface area contributed by atoms with Crippen molar-refractivity contribution in [3.63, 3.8) is 0 Å². The molecule has 8 heteroatoms. The van der Waals surface area contributed by atoms with Gasteiger partial charge in [0, 0.05) is 34.7 Å². The van der Waals surface area contributed by atoms with Crippen molar-refractivity contribution in [1.82, 2.24) is 15.3 Å². The van der Waals surface area contributed by atoms with Crippen molar-refractivity contribution < 1.29 is 14.2 Å². The topological polar surface area (TPSA) is 77.5 Å². The second-order valence-corrected chi connectivity index (χ2v) is 7.30. The van der Waals surface area contributed by atoms with Crippen LogP contribution < -0.4 is 20.1 Å². The largest absolute Gasteiger partial charge is 0.493 e. The van der Waals surface area contributed by atoms with Crippen LogP contribution in [0.2, 0.25) is 0 Å². The summed E-state index contributed by atoms with van der Waals surface area (Å²) < 4.78 is 18.2. The monoisotopic (exact) mass is 444 g/mol. The standard InChI is InChI=1S/C20H21BrN4O3/c1-26-18-8-16-17(9-19(18)28-11-15-10-22-5-6-27-15)23-12-24-20(16)25-14-4-2-3-13(21)7-14/h2-4,7-9,12,15,22H,5-6,10-11H2,1H3,(H,23,24,25). The Kier molecular flexibility index (Phi) is 5.90. The highest BCUT2D eigenvalue weighted by Gasteiger charge is 2.17. The van der Waals surface area contributed by atoms with Crippen molar-refractivity contribution >= 4 is 38.3 Å². The van der Waals surface area contributed by atoms with E-state index in [0.717, 1.165) is 34.2 Å². The van der Waals surface area contributed by atoms with Crippen LogP contribution in [0.4, 0.5) is 11.5 Å². The smallest absolute Gasteiger partial charge is 0.163 e. The molecule has 2 N–H and O–H groups in total. The molecule has 28 heavy (non-hydrogen) atoms. The summed E-state index contributed by atoms with van der Waals surface area (Å²) in [5.74, 6) is 1.97. The third kappa shape index (κ3) is 4.35. The summed E-state index contributed by atoms with van der Waals surface area (Å²) in [6, 6.07) is 11.7. The molecular formula is C20H21BrN4O3. The van der Waals surface area contributed by atoms with Gasteiger partial charge in [0.25, 0.3) is 0 Å². The number of hydrogen-bond donors (Lipinski definition) is 2. The second-order valence-electron chi connectivity index (χ2n) is 6.39. The van der Waals surface area contributed by atoms with Gasteiger partial charge in [0.1, 0.15) is 24.9 Å². The minimum Gasteiger partial charge on any atom is -0.493 e. The zero-order chi connectivity index (χ0) is 19.3. The van der Waals surface area contributed by atoms with Crippen molar-refractivity contribution in [2.24, 2.45) is 0 Å². The van der Waals surface area contributed by atoms with Gasteiger partial charge in [0.05, 0.1) is 19.2 Å². The average Bonchev–Trinajstić information content (AvgIpc) is 2.72. The summed E-state index contributed by atoms with van der Waals surface area (Å²) in [4.78, 5) is 8.79. The van der Waals surface area contributed by atoms with Crippen LogP contribution in [0.25, 0.3) is 10.9 Å². The molecule has 1 aromatic heterocycles. The molecule has 0 spiro atoms. The molecule has 2 aromatic carbocycles. The zero-order valence-electron chi connectivity index (χ0n) is 15.4. The van der Waals surface area contributed by atoms with E-state index in [-0.39, 0.29) is 6.10 Å². The van der Waals surface area contributed by atoms with Crippen molar-refractivity contribution in [3.05, 3.63) is 47.2 Å². The minimum absolute atomic E-state index is 0.0216. The molecule has 0 saturated carbocycles. The van der Waals surface area contributed by atoms with E-state index in [1.54, 1.807) is 7.11 Å². The summed E-state index contributed by atoms with van der Waals surface area (Å²) >= 11 is 3.48. The first-order valence-electron chi connectivity index (χ1n) is 9.03. The lowest BCUT2D eigenvalue weighted by Gasteiger charge is -2.24. The third-order valence-corrected chi connectivity index (χ3v) is 4.93. The Morgan fingerprint density at radius 3 is 2.96 bits per heavy atom. The van der Waals surface area contributed by atoms with Crippen molar-refractivity contribution in [2.75, 3.05) is 38.7 Å². The Balaban J connectivity index is 1.61. The lowest BCUT2D eigenvalue weighted by atomic mass is 10.2. The summed E-state index contributed by atoms with van der Waals surface area (Å²) in [5.41, 5.74) is 1.70. The van der Waals surface area contributed by atoms with E-state index in [2.05, 4.69) is 36.5 Å². The van der Waals surface area contributed by atoms with Crippen LogP contribution in [0, 0.1) is 0 Å². The number of nitrogens with one attached hydrogen (secondary N) is 2. The highest BCUT2D eigenvalue weighted by molar-refractivity contribution is 9.10. The van der Waals surface area contributed by atoms with E-state index in [4.69, 9.17) is 14.2 Å². The zero-order valence-corrected chi connectivity index (χ0v) is 17.0. The normalized spacial score (nSPS) is 16.7. The predicted molar refractivity (Wildman–Crippen MR) is 112 cm³/mol. The average molecular weight is 445 g/mol. The Bertz CT molecular complexity index is 963. The van der Waals surface area contributed by atoms with Gasteiger partial charge in [-0.3, -0.25) is 0 Å². The van der Waals surface area contributed by atoms with Crippen LogP contribution in [0.1, 0.15) is 0 Å². The minimum atomic E-state index is 0.0216. The van der Waals surface area contributed by atoms with Crippen LogP contribution >= 0.6 is 15.9 Å². The first-order chi connectivity index (χ1) is 13.7. The number of hydrogen-bond acceptors (Lipinski definition) is 7.